The van der Waals surface area contributed by atoms with Gasteiger partial charge in [0.25, 0.3) is 0 Å². The van der Waals surface area contributed by atoms with E-state index in [2.05, 4.69) is 15.3 Å². The number of rotatable bonds is 6. The molecule has 0 radical (unpaired) electrons. The Hall–Kier alpha value is -2.73. The molecule has 0 saturated carbocycles. The highest BCUT2D eigenvalue weighted by atomic mass is 32.1. The summed E-state index contributed by atoms with van der Waals surface area (Å²) in [6.07, 6.45) is 4.50. The van der Waals surface area contributed by atoms with Gasteiger partial charge in [-0.15, -0.1) is 11.3 Å². The van der Waals surface area contributed by atoms with Crippen LogP contribution in [0.2, 0.25) is 0 Å². The lowest BCUT2D eigenvalue weighted by Gasteiger charge is -2.06. The summed E-state index contributed by atoms with van der Waals surface area (Å²) in [6.45, 7) is 0. The van der Waals surface area contributed by atoms with E-state index in [1.54, 1.807) is 36.9 Å². The van der Waals surface area contributed by atoms with Crippen molar-refractivity contribution >= 4 is 22.9 Å². The third kappa shape index (κ3) is 4.17. The van der Waals surface area contributed by atoms with Gasteiger partial charge in [0.2, 0.25) is 5.91 Å². The number of carbonyl (C=O) groups is 1. The summed E-state index contributed by atoms with van der Waals surface area (Å²) in [7, 11) is 1.60. The first kappa shape index (κ1) is 16.1. The number of benzene rings is 1. The lowest BCUT2D eigenvalue weighted by atomic mass is 10.2. The van der Waals surface area contributed by atoms with Crippen LogP contribution >= 0.6 is 11.3 Å². The quantitative estimate of drug-likeness (QED) is 0.742. The number of nitrogens with one attached hydrogen (secondary N) is 1. The van der Waals surface area contributed by atoms with E-state index in [0.717, 1.165) is 27.7 Å². The van der Waals surface area contributed by atoms with Gasteiger partial charge in [-0.2, -0.15) is 0 Å². The minimum Gasteiger partial charge on any atom is -0.497 e. The molecule has 0 saturated heterocycles. The molecule has 0 spiro atoms. The smallest absolute Gasteiger partial charge is 0.224 e. The summed E-state index contributed by atoms with van der Waals surface area (Å²) in [6, 6.07) is 11.2. The third-order valence-corrected chi connectivity index (χ3v) is 4.36. The second-order valence-corrected chi connectivity index (χ2v) is 6.09. The molecule has 2 aromatic heterocycles. The van der Waals surface area contributed by atoms with E-state index in [9.17, 15) is 4.79 Å². The number of aryl methyl sites for hydroxylation is 1. The monoisotopic (exact) mass is 339 g/mol. The Bertz CT molecular complexity index is 818. The standard InChI is InChI=1S/C18H17N3O2S/c1-23-15-4-2-3-14(11-15)20-17(22)5-6-18-21-16(12-24-18)13-7-9-19-10-8-13/h2-4,7-12H,5-6H2,1H3,(H,20,22). The van der Waals surface area contributed by atoms with E-state index in [-0.39, 0.29) is 5.91 Å². The molecule has 6 heteroatoms. The molecule has 0 aliphatic carbocycles. The number of hydrogen-bond donors (Lipinski definition) is 1. The summed E-state index contributed by atoms with van der Waals surface area (Å²) in [5, 5.41) is 5.83. The van der Waals surface area contributed by atoms with Crippen LogP contribution in [-0.2, 0) is 11.2 Å². The fourth-order valence-corrected chi connectivity index (χ4v) is 3.03. The molecule has 0 aliphatic rings. The number of nitrogens with zero attached hydrogens (tertiary/aromatic N) is 2. The number of methoxy groups -OCH3 is 1. The van der Waals surface area contributed by atoms with E-state index < -0.39 is 0 Å². The highest BCUT2D eigenvalue weighted by molar-refractivity contribution is 7.09. The zero-order chi connectivity index (χ0) is 16.8. The fourth-order valence-electron chi connectivity index (χ4n) is 2.23. The van der Waals surface area contributed by atoms with Crippen molar-refractivity contribution in [3.63, 3.8) is 0 Å². The van der Waals surface area contributed by atoms with Crippen molar-refractivity contribution < 1.29 is 9.53 Å². The van der Waals surface area contributed by atoms with Gasteiger partial charge in [-0.25, -0.2) is 4.98 Å². The average molecular weight is 339 g/mol. The number of hydrogen-bond acceptors (Lipinski definition) is 5. The fraction of sp³-hybridized carbons (Fsp3) is 0.167. The zero-order valence-corrected chi connectivity index (χ0v) is 14.0. The van der Waals surface area contributed by atoms with Crippen molar-refractivity contribution in [1.82, 2.24) is 9.97 Å². The molecular weight excluding hydrogens is 322 g/mol. The molecular formula is C18H17N3O2S. The van der Waals surface area contributed by atoms with Crippen LogP contribution in [0.3, 0.4) is 0 Å². The van der Waals surface area contributed by atoms with Crippen molar-refractivity contribution in [3.8, 4) is 17.0 Å². The van der Waals surface area contributed by atoms with Crippen LogP contribution in [0.1, 0.15) is 11.4 Å². The van der Waals surface area contributed by atoms with Gasteiger partial charge in [0, 0.05) is 47.9 Å². The van der Waals surface area contributed by atoms with Gasteiger partial charge in [-0.05, 0) is 24.3 Å². The van der Waals surface area contributed by atoms with Gasteiger partial charge in [0.05, 0.1) is 17.8 Å². The summed E-state index contributed by atoms with van der Waals surface area (Å²) < 4.78 is 5.15. The van der Waals surface area contributed by atoms with Crippen LogP contribution in [0.15, 0.2) is 54.2 Å². The predicted octanol–water partition coefficient (Wildman–Crippen LogP) is 3.79. The summed E-state index contributed by atoms with van der Waals surface area (Å²) in [4.78, 5) is 20.7. The van der Waals surface area contributed by atoms with Crippen LogP contribution in [0, 0.1) is 0 Å². The maximum absolute atomic E-state index is 12.1. The molecule has 3 aromatic rings. The second kappa shape index (κ2) is 7.70. The van der Waals surface area contributed by atoms with Crippen molar-refractivity contribution in [2.75, 3.05) is 12.4 Å². The maximum atomic E-state index is 12.1. The predicted molar refractivity (Wildman–Crippen MR) is 95.3 cm³/mol. The Morgan fingerprint density at radius 1 is 1.25 bits per heavy atom. The van der Waals surface area contributed by atoms with Gasteiger partial charge in [-0.1, -0.05) is 6.07 Å². The van der Waals surface area contributed by atoms with Crippen molar-refractivity contribution in [2.24, 2.45) is 0 Å². The number of thiazole rings is 1. The Kier molecular flexibility index (Phi) is 5.18. The number of carbonyl (C=O) groups excluding carboxylic acids is 1. The molecule has 24 heavy (non-hydrogen) atoms. The molecule has 0 bridgehead atoms. The molecule has 3 rings (SSSR count). The van der Waals surface area contributed by atoms with E-state index in [0.29, 0.717) is 12.8 Å². The van der Waals surface area contributed by atoms with Gasteiger partial charge in [0.1, 0.15) is 5.75 Å². The Balaban J connectivity index is 1.56. The first-order valence-corrected chi connectivity index (χ1v) is 8.41. The molecule has 0 atom stereocenters. The largest absolute Gasteiger partial charge is 0.497 e. The van der Waals surface area contributed by atoms with Crippen LogP contribution in [-0.4, -0.2) is 23.0 Å². The Morgan fingerprint density at radius 2 is 2.08 bits per heavy atom. The van der Waals surface area contributed by atoms with Gasteiger partial charge in [-0.3, -0.25) is 9.78 Å². The minimum absolute atomic E-state index is 0.0380. The Morgan fingerprint density at radius 3 is 2.88 bits per heavy atom. The first-order valence-electron chi connectivity index (χ1n) is 7.53. The molecule has 2 heterocycles. The van der Waals surface area contributed by atoms with Gasteiger partial charge >= 0.3 is 0 Å². The lowest BCUT2D eigenvalue weighted by molar-refractivity contribution is -0.116. The third-order valence-electron chi connectivity index (χ3n) is 3.45. The summed E-state index contributed by atoms with van der Waals surface area (Å²) >= 11 is 1.57. The van der Waals surface area contributed by atoms with Gasteiger partial charge in [0.15, 0.2) is 0 Å². The second-order valence-electron chi connectivity index (χ2n) is 5.14. The van der Waals surface area contributed by atoms with Crippen LogP contribution in [0.25, 0.3) is 11.3 Å². The molecule has 1 aromatic carbocycles. The molecule has 1 amide bonds. The molecule has 5 nitrogen and oxygen atoms in total. The Labute approximate surface area is 144 Å². The van der Waals surface area contributed by atoms with E-state index in [4.69, 9.17) is 4.74 Å². The first-order chi connectivity index (χ1) is 11.7. The highest BCUT2D eigenvalue weighted by Gasteiger charge is 2.08. The molecule has 0 unspecified atom stereocenters. The number of anilines is 1. The minimum atomic E-state index is -0.0380. The van der Waals surface area contributed by atoms with Crippen molar-refractivity contribution in [2.45, 2.75) is 12.8 Å². The molecule has 122 valence electrons. The number of amides is 1. The summed E-state index contributed by atoms with van der Waals surface area (Å²) in [5.41, 5.74) is 2.69. The average Bonchev–Trinajstić information content (AvgIpc) is 3.10. The van der Waals surface area contributed by atoms with E-state index >= 15 is 0 Å². The van der Waals surface area contributed by atoms with Crippen molar-refractivity contribution in [3.05, 3.63) is 59.2 Å². The maximum Gasteiger partial charge on any atom is 0.224 e. The van der Waals surface area contributed by atoms with E-state index in [1.807, 2.05) is 35.7 Å². The topological polar surface area (TPSA) is 64.1 Å². The van der Waals surface area contributed by atoms with Gasteiger partial charge < -0.3 is 10.1 Å². The normalized spacial score (nSPS) is 10.4. The van der Waals surface area contributed by atoms with Crippen molar-refractivity contribution in [1.29, 1.82) is 0 Å². The van der Waals surface area contributed by atoms with Crippen LogP contribution in [0.5, 0.6) is 5.75 Å². The molecule has 0 fully saturated rings. The molecule has 0 aliphatic heterocycles. The van der Waals surface area contributed by atoms with Crippen LogP contribution < -0.4 is 10.1 Å². The number of ether oxygens (including phenoxy) is 1. The summed E-state index contributed by atoms with van der Waals surface area (Å²) in [5.74, 6) is 0.679. The number of aromatic nitrogens is 2. The zero-order valence-electron chi connectivity index (χ0n) is 13.2. The van der Waals surface area contributed by atoms with Crippen LogP contribution in [0.4, 0.5) is 5.69 Å². The lowest BCUT2D eigenvalue weighted by Crippen LogP contribution is -2.12. The highest BCUT2D eigenvalue weighted by Crippen LogP contribution is 2.22. The number of pyridine rings is 1. The SMILES string of the molecule is COc1cccc(NC(=O)CCc2nc(-c3ccncc3)cs2)c1. The van der Waals surface area contributed by atoms with E-state index in [1.165, 1.54) is 0 Å². The molecule has 1 N–H and O–H groups in total.